The van der Waals surface area contributed by atoms with Gasteiger partial charge < -0.3 is 9.47 Å². The molecule has 2 amide bonds. The maximum atomic E-state index is 12.9. The number of hydrogen-bond acceptors (Lipinski definition) is 8. The lowest BCUT2D eigenvalue weighted by Gasteiger charge is -2.15. The minimum Gasteiger partial charge on any atom is -0.453 e. The van der Waals surface area contributed by atoms with Gasteiger partial charge in [0.05, 0.1) is 17.7 Å². The van der Waals surface area contributed by atoms with Gasteiger partial charge in [0.25, 0.3) is 5.56 Å². The third-order valence-electron chi connectivity index (χ3n) is 3.81. The minimum absolute atomic E-state index is 0.130. The number of rotatable bonds is 8. The largest absolute Gasteiger partial charge is 0.453 e. The Balaban J connectivity index is 2.36. The molecule has 2 heterocycles. The van der Waals surface area contributed by atoms with Gasteiger partial charge in [-0.25, -0.2) is 9.78 Å². The Kier molecular flexibility index (Phi) is 7.81. The molecule has 1 atom stereocenters. The van der Waals surface area contributed by atoms with Gasteiger partial charge in [0.1, 0.15) is 4.83 Å². The number of nitrogens with one attached hydrogen (secondary N) is 1. The van der Waals surface area contributed by atoms with Crippen LogP contribution in [-0.2, 0) is 27.2 Å². The third-order valence-corrected chi connectivity index (χ3v) is 6.07. The van der Waals surface area contributed by atoms with E-state index in [1.807, 2.05) is 13.0 Å². The van der Waals surface area contributed by atoms with E-state index in [2.05, 4.69) is 15.0 Å². The van der Waals surface area contributed by atoms with Crippen LogP contribution < -0.4 is 10.9 Å². The summed E-state index contributed by atoms with van der Waals surface area (Å²) in [6, 6.07) is 1.88. The van der Waals surface area contributed by atoms with Gasteiger partial charge in [0, 0.05) is 25.1 Å². The average molecular weight is 414 g/mol. The summed E-state index contributed by atoms with van der Waals surface area (Å²) in [6.45, 7) is 4.61. The summed E-state index contributed by atoms with van der Waals surface area (Å²) in [5.41, 5.74) is -0.130. The molecule has 2 aromatic heterocycles. The number of carbonyl (C=O) groups is 2. The first-order chi connectivity index (χ1) is 12.9. The fraction of sp³-hybridized carbons (Fsp3) is 0.529. The monoisotopic (exact) mass is 413 g/mol. The molecule has 27 heavy (non-hydrogen) atoms. The zero-order chi connectivity index (χ0) is 20.0. The van der Waals surface area contributed by atoms with Crippen molar-refractivity contribution in [3.05, 3.63) is 21.3 Å². The van der Waals surface area contributed by atoms with Crippen LogP contribution in [0.2, 0.25) is 0 Å². The van der Waals surface area contributed by atoms with Gasteiger partial charge in [-0.3, -0.25) is 19.5 Å². The molecule has 0 unspecified atom stereocenters. The highest BCUT2D eigenvalue weighted by Gasteiger charge is 2.22. The van der Waals surface area contributed by atoms with Crippen molar-refractivity contribution in [2.75, 3.05) is 20.8 Å². The summed E-state index contributed by atoms with van der Waals surface area (Å²) in [7, 11) is 2.79. The molecule has 148 valence electrons. The van der Waals surface area contributed by atoms with Gasteiger partial charge in [0.15, 0.2) is 5.16 Å². The lowest BCUT2D eigenvalue weighted by Crippen LogP contribution is -2.36. The van der Waals surface area contributed by atoms with E-state index in [4.69, 9.17) is 4.74 Å². The standard InChI is InChI=1S/C17H23N3O5S2/c1-5-11-9-12-14(27-11)19-16(20(15(12)22)7-6-8-24-3)26-10(2)13(21)18-17(23)25-4/h9-10H,5-8H2,1-4H3,(H,18,21,23)/t10-/m1/s1. The number of nitrogens with zero attached hydrogens (tertiary/aromatic N) is 2. The first kappa shape index (κ1) is 21.4. The molecule has 0 aliphatic rings. The van der Waals surface area contributed by atoms with Gasteiger partial charge in [-0.15, -0.1) is 11.3 Å². The maximum absolute atomic E-state index is 12.9. The second-order valence-corrected chi connectivity index (χ2v) is 8.15. The number of imide groups is 1. The molecule has 0 bridgehead atoms. The van der Waals surface area contributed by atoms with Gasteiger partial charge in [-0.2, -0.15) is 0 Å². The van der Waals surface area contributed by atoms with Crippen molar-refractivity contribution >= 4 is 45.3 Å². The number of aromatic nitrogens is 2. The summed E-state index contributed by atoms with van der Waals surface area (Å²) >= 11 is 2.61. The van der Waals surface area contributed by atoms with Crippen LogP contribution in [0.25, 0.3) is 10.2 Å². The number of amides is 2. The van der Waals surface area contributed by atoms with E-state index in [0.29, 0.717) is 34.9 Å². The van der Waals surface area contributed by atoms with Gasteiger partial charge in [0.2, 0.25) is 5.91 Å². The topological polar surface area (TPSA) is 99.5 Å². The Morgan fingerprint density at radius 1 is 1.41 bits per heavy atom. The van der Waals surface area contributed by atoms with Crippen LogP contribution in [0, 0.1) is 0 Å². The predicted octanol–water partition coefficient (Wildman–Crippen LogP) is 2.42. The highest BCUT2D eigenvalue weighted by Crippen LogP contribution is 2.27. The van der Waals surface area contributed by atoms with E-state index in [1.165, 1.54) is 18.4 Å². The fourth-order valence-electron chi connectivity index (χ4n) is 2.34. The highest BCUT2D eigenvalue weighted by molar-refractivity contribution is 8.00. The number of aryl methyl sites for hydroxylation is 1. The van der Waals surface area contributed by atoms with Crippen molar-refractivity contribution in [2.24, 2.45) is 0 Å². The Morgan fingerprint density at radius 3 is 2.78 bits per heavy atom. The second-order valence-electron chi connectivity index (χ2n) is 5.72. The van der Waals surface area contributed by atoms with Crippen LogP contribution in [0.4, 0.5) is 4.79 Å². The molecule has 0 radical (unpaired) electrons. The molecule has 2 rings (SSSR count). The van der Waals surface area contributed by atoms with Crippen LogP contribution in [0.15, 0.2) is 16.0 Å². The molecule has 0 fully saturated rings. The van der Waals surface area contributed by atoms with Crippen molar-refractivity contribution in [2.45, 2.75) is 43.6 Å². The summed E-state index contributed by atoms with van der Waals surface area (Å²) in [4.78, 5) is 42.7. The molecule has 10 heteroatoms. The molecule has 0 aliphatic heterocycles. The zero-order valence-corrected chi connectivity index (χ0v) is 17.4. The number of ether oxygens (including phenoxy) is 2. The Bertz CT molecular complexity index is 877. The van der Waals surface area contributed by atoms with E-state index < -0.39 is 17.3 Å². The smallest absolute Gasteiger partial charge is 0.413 e. The lowest BCUT2D eigenvalue weighted by molar-refractivity contribution is -0.119. The van der Waals surface area contributed by atoms with Crippen molar-refractivity contribution < 1.29 is 19.1 Å². The minimum atomic E-state index is -0.820. The SMILES string of the molecule is CCc1cc2c(=O)n(CCCOC)c(S[C@H](C)C(=O)NC(=O)OC)nc2s1. The number of carbonyl (C=O) groups excluding carboxylic acids is 2. The average Bonchev–Trinajstić information content (AvgIpc) is 3.07. The number of fused-ring (bicyclic) bond motifs is 1. The molecule has 0 saturated carbocycles. The summed E-state index contributed by atoms with van der Waals surface area (Å²) < 4.78 is 11.1. The number of hydrogen-bond donors (Lipinski definition) is 1. The number of alkyl carbamates (subject to hydrolysis) is 1. The summed E-state index contributed by atoms with van der Waals surface area (Å²) in [5, 5.41) is 2.53. The Hall–Kier alpha value is -1.91. The van der Waals surface area contributed by atoms with Gasteiger partial charge >= 0.3 is 6.09 Å². The first-order valence-electron chi connectivity index (χ1n) is 8.48. The van der Waals surface area contributed by atoms with E-state index in [0.717, 1.165) is 23.1 Å². The van der Waals surface area contributed by atoms with E-state index in [-0.39, 0.29) is 5.56 Å². The second kappa shape index (κ2) is 9.86. The maximum Gasteiger partial charge on any atom is 0.413 e. The molecule has 0 saturated heterocycles. The zero-order valence-electron chi connectivity index (χ0n) is 15.7. The Morgan fingerprint density at radius 2 is 2.15 bits per heavy atom. The van der Waals surface area contributed by atoms with E-state index in [1.54, 1.807) is 18.6 Å². The van der Waals surface area contributed by atoms with Crippen molar-refractivity contribution in [1.29, 1.82) is 0 Å². The van der Waals surface area contributed by atoms with Crippen LogP contribution in [0.5, 0.6) is 0 Å². The third kappa shape index (κ3) is 5.30. The molecule has 0 aliphatic carbocycles. The van der Waals surface area contributed by atoms with Gasteiger partial charge in [-0.05, 0) is 25.8 Å². The molecule has 0 aromatic carbocycles. The number of thioether (sulfide) groups is 1. The normalized spacial score (nSPS) is 12.1. The summed E-state index contributed by atoms with van der Waals surface area (Å²) in [5.74, 6) is -0.509. The van der Waals surface area contributed by atoms with Crippen LogP contribution in [0.3, 0.4) is 0 Å². The van der Waals surface area contributed by atoms with Crippen molar-refractivity contribution in [1.82, 2.24) is 14.9 Å². The fourth-order valence-corrected chi connectivity index (χ4v) is 4.28. The van der Waals surface area contributed by atoms with Crippen molar-refractivity contribution in [3.8, 4) is 0 Å². The Labute approximate surface area is 165 Å². The lowest BCUT2D eigenvalue weighted by atomic mass is 10.3. The molecule has 8 nitrogen and oxygen atoms in total. The van der Waals surface area contributed by atoms with Crippen LogP contribution in [0.1, 0.15) is 25.1 Å². The predicted molar refractivity (Wildman–Crippen MR) is 106 cm³/mol. The van der Waals surface area contributed by atoms with E-state index >= 15 is 0 Å². The molecule has 1 N–H and O–H groups in total. The number of methoxy groups -OCH3 is 2. The quantitative estimate of drug-likeness (QED) is 0.403. The van der Waals surface area contributed by atoms with Crippen LogP contribution in [-0.4, -0.2) is 47.6 Å². The van der Waals surface area contributed by atoms with Crippen molar-refractivity contribution in [3.63, 3.8) is 0 Å². The molecular weight excluding hydrogens is 390 g/mol. The molecule has 2 aromatic rings. The highest BCUT2D eigenvalue weighted by atomic mass is 32.2. The summed E-state index contributed by atoms with van der Waals surface area (Å²) in [6.07, 6.45) is 0.647. The number of thiophene rings is 1. The van der Waals surface area contributed by atoms with Crippen LogP contribution >= 0.6 is 23.1 Å². The molecule has 0 spiro atoms. The van der Waals surface area contributed by atoms with Gasteiger partial charge in [-0.1, -0.05) is 18.7 Å². The van der Waals surface area contributed by atoms with E-state index in [9.17, 15) is 14.4 Å². The first-order valence-corrected chi connectivity index (χ1v) is 10.2. The molecular formula is C17H23N3O5S2.